The summed E-state index contributed by atoms with van der Waals surface area (Å²) in [7, 11) is 0. The summed E-state index contributed by atoms with van der Waals surface area (Å²) >= 11 is 1.55. The highest BCUT2D eigenvalue weighted by molar-refractivity contribution is 7.98. The SMILES string of the molecule is CSc1cccc(C(=O)Nc2ccccc2C(=O)Nc2ccc(C)cc2C(=O)c2ccccc2)c1. The maximum Gasteiger partial charge on any atom is 0.257 e. The molecule has 0 fully saturated rings. The van der Waals surface area contributed by atoms with E-state index in [9.17, 15) is 14.4 Å². The van der Waals surface area contributed by atoms with E-state index < -0.39 is 5.91 Å². The van der Waals surface area contributed by atoms with E-state index in [0.29, 0.717) is 33.6 Å². The lowest BCUT2D eigenvalue weighted by molar-refractivity contribution is 0.102. The first-order valence-corrected chi connectivity index (χ1v) is 12.2. The van der Waals surface area contributed by atoms with Crippen molar-refractivity contribution < 1.29 is 14.4 Å². The van der Waals surface area contributed by atoms with Crippen LogP contribution in [-0.2, 0) is 0 Å². The topological polar surface area (TPSA) is 75.3 Å². The summed E-state index contributed by atoms with van der Waals surface area (Å²) < 4.78 is 0. The van der Waals surface area contributed by atoms with Crippen LogP contribution in [0.2, 0.25) is 0 Å². The molecule has 4 aromatic carbocycles. The number of hydrogen-bond donors (Lipinski definition) is 2. The maximum absolute atomic E-state index is 13.3. The number of carbonyl (C=O) groups excluding carboxylic acids is 3. The van der Waals surface area contributed by atoms with Gasteiger partial charge in [-0.05, 0) is 55.6 Å². The van der Waals surface area contributed by atoms with Crippen molar-refractivity contribution in [1.29, 1.82) is 0 Å². The van der Waals surface area contributed by atoms with Gasteiger partial charge in [-0.1, -0.05) is 60.2 Å². The van der Waals surface area contributed by atoms with Crippen LogP contribution in [0.5, 0.6) is 0 Å². The lowest BCUT2D eigenvalue weighted by atomic mass is 9.99. The summed E-state index contributed by atoms with van der Waals surface area (Å²) in [4.78, 5) is 40.2. The third-order valence-electron chi connectivity index (χ3n) is 5.46. The summed E-state index contributed by atoms with van der Waals surface area (Å²) in [6, 6.07) is 28.3. The Balaban J connectivity index is 1.60. The highest BCUT2D eigenvalue weighted by Gasteiger charge is 2.19. The smallest absolute Gasteiger partial charge is 0.257 e. The third-order valence-corrected chi connectivity index (χ3v) is 6.18. The van der Waals surface area contributed by atoms with E-state index in [1.807, 2.05) is 37.4 Å². The molecule has 2 amide bonds. The molecule has 0 aliphatic carbocycles. The number of amides is 2. The number of para-hydroxylation sites is 1. The molecule has 0 spiro atoms. The van der Waals surface area contributed by atoms with Crippen LogP contribution in [0, 0.1) is 6.92 Å². The fourth-order valence-electron chi connectivity index (χ4n) is 3.64. The van der Waals surface area contributed by atoms with E-state index in [4.69, 9.17) is 0 Å². The van der Waals surface area contributed by atoms with E-state index in [1.165, 1.54) is 0 Å². The minimum atomic E-state index is -0.426. The van der Waals surface area contributed by atoms with E-state index in [1.54, 1.807) is 84.6 Å². The molecule has 0 saturated carbocycles. The molecule has 0 bridgehead atoms. The number of ketones is 1. The highest BCUT2D eigenvalue weighted by atomic mass is 32.2. The van der Waals surface area contributed by atoms with Crippen LogP contribution in [0.4, 0.5) is 11.4 Å². The van der Waals surface area contributed by atoms with Crippen LogP contribution >= 0.6 is 11.8 Å². The van der Waals surface area contributed by atoms with Crippen LogP contribution in [0.1, 0.15) is 42.2 Å². The Morgan fingerprint density at radius 1 is 0.629 bits per heavy atom. The molecule has 0 saturated heterocycles. The van der Waals surface area contributed by atoms with Gasteiger partial charge in [0.2, 0.25) is 0 Å². The molecule has 174 valence electrons. The van der Waals surface area contributed by atoms with Crippen molar-refractivity contribution in [2.45, 2.75) is 11.8 Å². The van der Waals surface area contributed by atoms with Gasteiger partial charge in [-0.3, -0.25) is 14.4 Å². The molecule has 2 N–H and O–H groups in total. The van der Waals surface area contributed by atoms with Gasteiger partial charge in [-0.25, -0.2) is 0 Å². The van der Waals surface area contributed by atoms with Crippen LogP contribution in [0.25, 0.3) is 0 Å². The van der Waals surface area contributed by atoms with Gasteiger partial charge in [-0.2, -0.15) is 0 Å². The van der Waals surface area contributed by atoms with Gasteiger partial charge in [0, 0.05) is 21.6 Å². The molecule has 0 heterocycles. The molecular formula is C29H24N2O3S. The number of aryl methyl sites for hydroxylation is 1. The summed E-state index contributed by atoms with van der Waals surface area (Å²) in [5.74, 6) is -0.916. The average molecular weight is 481 g/mol. The highest BCUT2D eigenvalue weighted by Crippen LogP contribution is 2.24. The monoisotopic (exact) mass is 480 g/mol. The Hall–Kier alpha value is -4.16. The van der Waals surface area contributed by atoms with Crippen molar-refractivity contribution in [3.63, 3.8) is 0 Å². The molecule has 0 aliphatic rings. The first kappa shape index (κ1) is 24.0. The second-order valence-electron chi connectivity index (χ2n) is 7.93. The molecule has 0 atom stereocenters. The minimum Gasteiger partial charge on any atom is -0.321 e. The zero-order chi connectivity index (χ0) is 24.8. The van der Waals surface area contributed by atoms with Gasteiger partial charge in [0.1, 0.15) is 0 Å². The maximum atomic E-state index is 13.3. The predicted molar refractivity (Wildman–Crippen MR) is 142 cm³/mol. The number of anilines is 2. The van der Waals surface area contributed by atoms with E-state index >= 15 is 0 Å². The van der Waals surface area contributed by atoms with Crippen molar-refractivity contribution in [3.05, 3.63) is 125 Å². The van der Waals surface area contributed by atoms with Crippen LogP contribution in [0.3, 0.4) is 0 Å². The van der Waals surface area contributed by atoms with Gasteiger partial charge in [0.05, 0.1) is 16.9 Å². The molecule has 4 aromatic rings. The Morgan fingerprint density at radius 2 is 1.29 bits per heavy atom. The predicted octanol–water partition coefficient (Wildman–Crippen LogP) is 6.45. The molecular weight excluding hydrogens is 456 g/mol. The number of rotatable bonds is 7. The summed E-state index contributed by atoms with van der Waals surface area (Å²) in [6.07, 6.45) is 1.94. The first-order chi connectivity index (χ1) is 17.0. The Morgan fingerprint density at radius 3 is 2.06 bits per heavy atom. The molecule has 0 aliphatic heterocycles. The van der Waals surface area contributed by atoms with Gasteiger partial charge in [0.25, 0.3) is 11.8 Å². The van der Waals surface area contributed by atoms with E-state index in [2.05, 4.69) is 10.6 Å². The normalized spacial score (nSPS) is 10.5. The zero-order valence-electron chi connectivity index (χ0n) is 19.4. The average Bonchev–Trinajstić information content (AvgIpc) is 2.90. The molecule has 0 radical (unpaired) electrons. The Bertz CT molecular complexity index is 1400. The van der Waals surface area contributed by atoms with Crippen molar-refractivity contribution in [2.75, 3.05) is 16.9 Å². The van der Waals surface area contributed by atoms with Gasteiger partial charge < -0.3 is 10.6 Å². The first-order valence-electron chi connectivity index (χ1n) is 11.0. The van der Waals surface area contributed by atoms with Crippen LogP contribution < -0.4 is 10.6 Å². The number of carbonyl (C=O) groups is 3. The molecule has 6 heteroatoms. The number of benzene rings is 4. The second-order valence-corrected chi connectivity index (χ2v) is 8.81. The number of nitrogens with one attached hydrogen (secondary N) is 2. The van der Waals surface area contributed by atoms with E-state index in [-0.39, 0.29) is 11.7 Å². The Labute approximate surface area is 208 Å². The minimum absolute atomic E-state index is 0.181. The molecule has 5 nitrogen and oxygen atoms in total. The summed E-state index contributed by atoms with van der Waals surface area (Å²) in [6.45, 7) is 1.89. The van der Waals surface area contributed by atoms with Crippen LogP contribution in [0.15, 0.2) is 102 Å². The van der Waals surface area contributed by atoms with Gasteiger partial charge >= 0.3 is 0 Å². The Kier molecular flexibility index (Phi) is 7.43. The quantitative estimate of drug-likeness (QED) is 0.235. The summed E-state index contributed by atoms with van der Waals surface area (Å²) in [5.41, 5.74) is 3.42. The number of thioether (sulfide) groups is 1. The molecule has 0 unspecified atom stereocenters. The van der Waals surface area contributed by atoms with E-state index in [0.717, 1.165) is 10.5 Å². The number of hydrogen-bond acceptors (Lipinski definition) is 4. The second kappa shape index (κ2) is 10.8. The largest absolute Gasteiger partial charge is 0.321 e. The fourth-order valence-corrected chi connectivity index (χ4v) is 4.10. The van der Waals surface area contributed by atoms with Crippen molar-refractivity contribution >= 4 is 40.7 Å². The van der Waals surface area contributed by atoms with Crippen molar-refractivity contribution in [2.24, 2.45) is 0 Å². The van der Waals surface area contributed by atoms with Gasteiger partial charge in [0.15, 0.2) is 5.78 Å². The van der Waals surface area contributed by atoms with Crippen molar-refractivity contribution in [1.82, 2.24) is 0 Å². The van der Waals surface area contributed by atoms with Gasteiger partial charge in [-0.15, -0.1) is 11.8 Å². The fraction of sp³-hybridized carbons (Fsp3) is 0.0690. The zero-order valence-corrected chi connectivity index (χ0v) is 20.2. The molecule has 4 rings (SSSR count). The molecule has 35 heavy (non-hydrogen) atoms. The van der Waals surface area contributed by atoms with Crippen molar-refractivity contribution in [3.8, 4) is 0 Å². The third kappa shape index (κ3) is 5.67. The molecule has 0 aromatic heterocycles. The van der Waals surface area contributed by atoms with Crippen LogP contribution in [-0.4, -0.2) is 23.9 Å². The standard InChI is InChI=1S/C29H24N2O3S/c1-19-15-16-26(24(17-19)27(32)20-9-4-3-5-10-20)31-29(34)23-13-6-7-14-25(23)30-28(33)21-11-8-12-22(18-21)35-2/h3-18H,1-2H3,(H,30,33)(H,31,34). The lowest BCUT2D eigenvalue weighted by Crippen LogP contribution is -2.19. The lowest BCUT2D eigenvalue weighted by Gasteiger charge is -2.14. The summed E-state index contributed by atoms with van der Waals surface area (Å²) in [5, 5.41) is 5.70.